The van der Waals surface area contributed by atoms with Crippen LogP contribution in [0.2, 0.25) is 0 Å². The van der Waals surface area contributed by atoms with Crippen LogP contribution in [-0.2, 0) is 11.4 Å². The summed E-state index contributed by atoms with van der Waals surface area (Å²) < 4.78 is 11.1. The minimum Gasteiger partial charge on any atom is -0.497 e. The van der Waals surface area contributed by atoms with Gasteiger partial charge in [0.05, 0.1) is 12.0 Å². The van der Waals surface area contributed by atoms with Gasteiger partial charge in [-0.15, -0.1) is 0 Å². The number of ether oxygens (including phenoxy) is 2. The van der Waals surface area contributed by atoms with Gasteiger partial charge in [-0.2, -0.15) is 5.01 Å². The lowest BCUT2D eigenvalue weighted by atomic mass is 10.2. The fourth-order valence-corrected chi connectivity index (χ4v) is 4.20. The normalized spacial score (nSPS) is 14.5. The van der Waals surface area contributed by atoms with E-state index in [2.05, 4.69) is 5.43 Å². The second kappa shape index (κ2) is 10.3. The summed E-state index contributed by atoms with van der Waals surface area (Å²) in [6, 6.07) is 23.9. The maximum atomic E-state index is 12.8. The highest BCUT2D eigenvalue weighted by atomic mass is 32.2. The molecule has 0 aliphatic carbocycles. The summed E-state index contributed by atoms with van der Waals surface area (Å²) in [5.41, 5.74) is 4.87. The minimum atomic E-state index is -0.435. The Kier molecular flexibility index (Phi) is 7.07. The summed E-state index contributed by atoms with van der Waals surface area (Å²) in [5, 5.41) is 1.09. The molecule has 0 atom stereocenters. The van der Waals surface area contributed by atoms with E-state index in [4.69, 9.17) is 21.7 Å². The van der Waals surface area contributed by atoms with Crippen molar-refractivity contribution in [3.05, 3.63) is 100 Å². The van der Waals surface area contributed by atoms with E-state index in [0.29, 0.717) is 22.8 Å². The zero-order valence-electron chi connectivity index (χ0n) is 17.7. The third kappa shape index (κ3) is 5.60. The summed E-state index contributed by atoms with van der Waals surface area (Å²) >= 11 is 6.43. The van der Waals surface area contributed by atoms with Gasteiger partial charge in [-0.3, -0.25) is 15.0 Å². The topological polar surface area (TPSA) is 67.9 Å². The molecule has 0 spiro atoms. The van der Waals surface area contributed by atoms with E-state index in [9.17, 15) is 9.59 Å². The van der Waals surface area contributed by atoms with Gasteiger partial charge in [0.25, 0.3) is 11.8 Å². The van der Waals surface area contributed by atoms with Crippen LogP contribution in [0.1, 0.15) is 21.5 Å². The van der Waals surface area contributed by atoms with Gasteiger partial charge in [0, 0.05) is 5.56 Å². The van der Waals surface area contributed by atoms with Crippen LogP contribution in [-0.4, -0.2) is 28.3 Å². The Morgan fingerprint density at radius 3 is 2.33 bits per heavy atom. The van der Waals surface area contributed by atoms with Gasteiger partial charge in [0.1, 0.15) is 18.1 Å². The molecular weight excluding hydrogens is 456 g/mol. The molecule has 0 saturated carbocycles. The maximum absolute atomic E-state index is 12.8. The summed E-state index contributed by atoms with van der Waals surface area (Å²) in [5.74, 6) is 0.554. The van der Waals surface area contributed by atoms with Gasteiger partial charge < -0.3 is 9.47 Å². The molecular formula is C25H20N2O4S2. The lowest BCUT2D eigenvalue weighted by Gasteiger charge is -2.15. The Balaban J connectivity index is 1.39. The van der Waals surface area contributed by atoms with Crippen molar-refractivity contribution in [2.45, 2.75) is 6.61 Å². The number of nitrogens with zero attached hydrogens (tertiary/aromatic N) is 1. The van der Waals surface area contributed by atoms with Gasteiger partial charge in [-0.1, -0.05) is 54.2 Å². The number of carbonyl (C=O) groups is 2. The standard InChI is InChI=1S/C25H20N2O4S2/c1-30-20-13-9-19(10-14-20)23(28)26-27-24(29)22(33-25(27)32)15-17-7-11-21(12-8-17)31-16-18-5-3-2-4-6-18/h2-15H,16H2,1H3,(H,26,28)/b22-15+. The highest BCUT2D eigenvalue weighted by Gasteiger charge is 2.33. The second-order valence-corrected chi connectivity index (χ2v) is 8.71. The van der Waals surface area contributed by atoms with E-state index in [1.807, 2.05) is 54.6 Å². The Hall–Kier alpha value is -3.62. The Morgan fingerprint density at radius 2 is 1.67 bits per heavy atom. The second-order valence-electron chi connectivity index (χ2n) is 7.03. The first-order valence-electron chi connectivity index (χ1n) is 10.0. The third-order valence-electron chi connectivity index (χ3n) is 4.79. The van der Waals surface area contributed by atoms with E-state index in [1.54, 1.807) is 37.5 Å². The van der Waals surface area contributed by atoms with Gasteiger partial charge in [-0.05, 0) is 65.8 Å². The van der Waals surface area contributed by atoms with Crippen LogP contribution in [0.15, 0.2) is 83.8 Å². The number of hydrogen-bond donors (Lipinski definition) is 1. The van der Waals surface area contributed by atoms with Crippen molar-refractivity contribution in [2.75, 3.05) is 7.11 Å². The van der Waals surface area contributed by atoms with Crippen molar-refractivity contribution in [1.82, 2.24) is 10.4 Å². The van der Waals surface area contributed by atoms with Crippen molar-refractivity contribution >= 4 is 46.2 Å². The van der Waals surface area contributed by atoms with Gasteiger partial charge in [-0.25, -0.2) is 0 Å². The smallest absolute Gasteiger partial charge is 0.285 e. The molecule has 33 heavy (non-hydrogen) atoms. The first-order valence-corrected chi connectivity index (χ1v) is 11.3. The van der Waals surface area contributed by atoms with Gasteiger partial charge in [0.2, 0.25) is 0 Å². The van der Waals surface area contributed by atoms with E-state index in [1.165, 1.54) is 0 Å². The first kappa shape index (κ1) is 22.6. The summed E-state index contributed by atoms with van der Waals surface area (Å²) in [6.45, 7) is 0.479. The molecule has 2 amide bonds. The van der Waals surface area contributed by atoms with Gasteiger partial charge >= 0.3 is 0 Å². The van der Waals surface area contributed by atoms with E-state index >= 15 is 0 Å². The molecule has 1 aliphatic heterocycles. The molecule has 166 valence electrons. The number of hydrazine groups is 1. The number of thiocarbonyl (C=S) groups is 1. The quantitative estimate of drug-likeness (QED) is 0.390. The molecule has 3 aromatic rings. The molecule has 1 fully saturated rings. The molecule has 6 nitrogen and oxygen atoms in total. The number of amides is 2. The van der Waals surface area contributed by atoms with Crippen LogP contribution >= 0.6 is 24.0 Å². The third-order valence-corrected chi connectivity index (χ3v) is 6.09. The highest BCUT2D eigenvalue weighted by Crippen LogP contribution is 2.32. The van der Waals surface area contributed by atoms with Crippen molar-refractivity contribution in [2.24, 2.45) is 0 Å². The summed E-state index contributed by atoms with van der Waals surface area (Å²) in [7, 11) is 1.55. The molecule has 0 unspecified atom stereocenters. The first-order chi connectivity index (χ1) is 16.0. The van der Waals surface area contributed by atoms with Crippen LogP contribution in [0.25, 0.3) is 6.08 Å². The largest absolute Gasteiger partial charge is 0.497 e. The summed E-state index contributed by atoms with van der Waals surface area (Å²) in [6.07, 6.45) is 1.74. The number of thioether (sulfide) groups is 1. The lowest BCUT2D eigenvalue weighted by molar-refractivity contribution is -0.123. The number of nitrogens with one attached hydrogen (secondary N) is 1. The SMILES string of the molecule is COc1ccc(C(=O)NN2C(=O)/C(=C\c3ccc(OCc4ccccc4)cc3)SC2=S)cc1. The summed E-state index contributed by atoms with van der Waals surface area (Å²) in [4.78, 5) is 25.7. The predicted molar refractivity (Wildman–Crippen MR) is 133 cm³/mol. The fourth-order valence-electron chi connectivity index (χ4n) is 3.03. The molecule has 0 bridgehead atoms. The van der Waals surface area contributed by atoms with Crippen molar-refractivity contribution in [3.63, 3.8) is 0 Å². The Labute approximate surface area is 201 Å². The van der Waals surface area contributed by atoms with E-state index in [-0.39, 0.29) is 10.2 Å². The van der Waals surface area contributed by atoms with Crippen LogP contribution in [0.3, 0.4) is 0 Å². The molecule has 1 saturated heterocycles. The number of carbonyl (C=O) groups excluding carboxylic acids is 2. The van der Waals surface area contributed by atoms with Crippen LogP contribution in [0.4, 0.5) is 0 Å². The Morgan fingerprint density at radius 1 is 1.00 bits per heavy atom. The van der Waals surface area contributed by atoms with Crippen LogP contribution in [0, 0.1) is 0 Å². The molecule has 1 N–H and O–H groups in total. The minimum absolute atomic E-state index is 0.260. The molecule has 0 aromatic heterocycles. The lowest BCUT2D eigenvalue weighted by Crippen LogP contribution is -2.44. The highest BCUT2D eigenvalue weighted by molar-refractivity contribution is 8.26. The van der Waals surface area contributed by atoms with Crippen molar-refractivity contribution < 1.29 is 19.1 Å². The average molecular weight is 477 g/mol. The number of benzene rings is 3. The van der Waals surface area contributed by atoms with Crippen molar-refractivity contribution in [1.29, 1.82) is 0 Å². The molecule has 4 rings (SSSR count). The van der Waals surface area contributed by atoms with E-state index in [0.717, 1.165) is 33.6 Å². The zero-order valence-corrected chi connectivity index (χ0v) is 19.3. The monoisotopic (exact) mass is 476 g/mol. The van der Waals surface area contributed by atoms with Crippen LogP contribution < -0.4 is 14.9 Å². The number of methoxy groups -OCH3 is 1. The molecule has 0 radical (unpaired) electrons. The number of rotatable bonds is 7. The Bertz CT molecular complexity index is 1190. The maximum Gasteiger partial charge on any atom is 0.285 e. The molecule has 3 aromatic carbocycles. The predicted octanol–water partition coefficient (Wildman–Crippen LogP) is 4.82. The number of hydrogen-bond acceptors (Lipinski definition) is 6. The molecule has 1 heterocycles. The van der Waals surface area contributed by atoms with Crippen molar-refractivity contribution in [3.8, 4) is 11.5 Å². The zero-order chi connectivity index (χ0) is 23.2. The fraction of sp³-hybridized carbons (Fsp3) is 0.0800. The molecule has 1 aliphatic rings. The molecule has 8 heteroatoms. The van der Waals surface area contributed by atoms with Gasteiger partial charge in [0.15, 0.2) is 4.32 Å². The average Bonchev–Trinajstić information content (AvgIpc) is 3.11. The van der Waals surface area contributed by atoms with Crippen LogP contribution in [0.5, 0.6) is 11.5 Å². The van der Waals surface area contributed by atoms with E-state index < -0.39 is 5.91 Å².